The fourth-order valence-electron chi connectivity index (χ4n) is 4.64. The van der Waals surface area contributed by atoms with Gasteiger partial charge in [-0.2, -0.15) is 25.5 Å². The van der Waals surface area contributed by atoms with E-state index in [0.717, 1.165) is 28.7 Å². The van der Waals surface area contributed by atoms with Crippen LogP contribution in [0.2, 0.25) is 0 Å². The summed E-state index contributed by atoms with van der Waals surface area (Å²) >= 11 is 0. The molecule has 0 aliphatic rings. The summed E-state index contributed by atoms with van der Waals surface area (Å²) in [6.45, 7) is 33.3. The smallest absolute Gasteiger partial charge is 0.176 e. The second-order valence-electron chi connectivity index (χ2n) is 17.9. The molecule has 8 radical (unpaired) electrons. The number of rotatable bonds is 8. The van der Waals surface area contributed by atoms with E-state index in [0.29, 0.717) is 53.2 Å². The molecule has 8 rings (SSSR count). The molecule has 0 unspecified atom stereocenters. The normalized spacial score (nSPS) is 8.27. The summed E-state index contributed by atoms with van der Waals surface area (Å²) in [5.74, 6) is 6.00. The third-order valence-electron chi connectivity index (χ3n) is 9.06. The molecule has 8 heterocycles. The average Bonchev–Trinajstić information content (AvgIpc) is 3.42. The SMILES string of the molecule is CC(C)c1cccnn1.CC(C)c1ccncn1.CC(C)c1ccnnc1.CC(C)c1cnccn1.CC(C)c1cncnc1.CC(C)c1nccnn1.CC(C)c1ncncn1.CC(C)c1nncnn1.[CH3-].[CH3-].[CH3-].[CH3-].[CH3-].[CH3-].[CH3-].[CH3-].[Y].[Y].[Y].[Y].[Y].[Y].[Y].[Y]. The van der Waals surface area contributed by atoms with Crippen molar-refractivity contribution < 1.29 is 262 Å². The van der Waals surface area contributed by atoms with Crippen molar-refractivity contribution in [2.75, 3.05) is 0 Å². The fourth-order valence-corrected chi connectivity index (χ4v) is 4.64. The number of hydrogen-bond donors (Lipinski definition) is 0. The summed E-state index contributed by atoms with van der Waals surface area (Å²) < 4.78 is 0. The van der Waals surface area contributed by atoms with Gasteiger partial charge >= 0.3 is 0 Å². The zero-order valence-electron chi connectivity index (χ0n) is 57.7. The van der Waals surface area contributed by atoms with Gasteiger partial charge in [0.25, 0.3) is 0 Å². The van der Waals surface area contributed by atoms with Crippen LogP contribution in [0.15, 0.2) is 124 Å². The van der Waals surface area contributed by atoms with Crippen molar-refractivity contribution in [3.63, 3.8) is 0 Å². The first-order chi connectivity index (χ1) is 34.4. The predicted molar refractivity (Wildman–Crippen MR) is 331 cm³/mol. The van der Waals surface area contributed by atoms with Gasteiger partial charge in [0.05, 0.1) is 23.8 Å². The molecule has 0 aromatic carbocycles. The Balaban J connectivity index is -0.0000000469. The van der Waals surface area contributed by atoms with Crippen molar-refractivity contribution in [3.05, 3.63) is 229 Å². The minimum Gasteiger partial charge on any atom is -0.358 e. The van der Waals surface area contributed by atoms with Crippen LogP contribution in [0.4, 0.5) is 0 Å². The van der Waals surface area contributed by atoms with Gasteiger partial charge in [-0.3, -0.25) is 9.97 Å². The molecule has 88 heavy (non-hydrogen) atoms. The van der Waals surface area contributed by atoms with Crippen LogP contribution in [0.25, 0.3) is 0 Å². The van der Waals surface area contributed by atoms with Crippen molar-refractivity contribution in [3.8, 4) is 0 Å². The van der Waals surface area contributed by atoms with Gasteiger partial charge in [-0.05, 0) is 65.0 Å². The summed E-state index contributed by atoms with van der Waals surface area (Å²) in [6.07, 6.45) is 26.6. The van der Waals surface area contributed by atoms with Crippen LogP contribution in [0.1, 0.15) is 204 Å². The van der Waals surface area contributed by atoms with Crippen LogP contribution in [-0.4, -0.2) is 101 Å². The molecule has 20 nitrogen and oxygen atoms in total. The zero-order chi connectivity index (χ0) is 53.5. The van der Waals surface area contributed by atoms with E-state index in [1.807, 2.05) is 64.4 Å². The van der Waals surface area contributed by atoms with Crippen LogP contribution < -0.4 is 0 Å². The Morgan fingerprint density at radius 1 is 0.239 bits per heavy atom. The molecule has 28 heteroatoms. The molecule has 0 spiro atoms. The van der Waals surface area contributed by atoms with Gasteiger partial charge in [0.2, 0.25) is 0 Å². The van der Waals surface area contributed by atoms with Crippen molar-refractivity contribution in [2.45, 2.75) is 158 Å². The molecular weight excluding hydrogens is 1710 g/mol. The number of aromatic nitrogens is 20. The van der Waals surface area contributed by atoms with E-state index in [-0.39, 0.29) is 321 Å². The Hall–Kier alpha value is 1.19. The summed E-state index contributed by atoms with van der Waals surface area (Å²) in [6, 6.07) is 7.81. The first-order valence-corrected chi connectivity index (χ1v) is 24.0. The number of hydrogen-bond acceptors (Lipinski definition) is 20. The van der Waals surface area contributed by atoms with E-state index in [1.54, 1.807) is 68.4 Å². The Kier molecular flexibility index (Phi) is 124. The molecule has 0 N–H and O–H groups in total. The van der Waals surface area contributed by atoms with Crippen LogP contribution in [0.3, 0.4) is 0 Å². The first-order valence-electron chi connectivity index (χ1n) is 24.0. The third-order valence-corrected chi connectivity index (χ3v) is 9.06. The fraction of sp³-hybridized carbons (Fsp3) is 0.400. The predicted octanol–water partition coefficient (Wildman–Crippen LogP) is 14.0. The van der Waals surface area contributed by atoms with Gasteiger partial charge in [-0.25, -0.2) is 39.9 Å². The van der Waals surface area contributed by atoms with Gasteiger partial charge < -0.3 is 59.4 Å². The summed E-state index contributed by atoms with van der Waals surface area (Å²) in [4.78, 5) is 39.4. The van der Waals surface area contributed by atoms with E-state index in [1.165, 1.54) is 30.1 Å². The molecule has 0 aliphatic carbocycles. The van der Waals surface area contributed by atoms with Crippen molar-refractivity contribution in [1.29, 1.82) is 0 Å². The minimum atomic E-state index is 0. The van der Waals surface area contributed by atoms with Gasteiger partial charge in [0.1, 0.15) is 31.1 Å². The Bertz CT molecular complexity index is 1930. The van der Waals surface area contributed by atoms with E-state index in [2.05, 4.69) is 184 Å². The second kappa shape index (κ2) is 84.3. The van der Waals surface area contributed by atoms with Gasteiger partial charge in [0.15, 0.2) is 18.0 Å². The molecule has 0 amide bonds. The third kappa shape index (κ3) is 68.6. The van der Waals surface area contributed by atoms with Crippen molar-refractivity contribution in [2.24, 2.45) is 0 Å². The monoisotopic (exact) mass is 1810 g/mol. The summed E-state index contributed by atoms with van der Waals surface area (Å²) in [5.41, 5.74) is 5.64. The van der Waals surface area contributed by atoms with Crippen molar-refractivity contribution in [1.82, 2.24) is 101 Å². The van der Waals surface area contributed by atoms with E-state index < -0.39 is 0 Å². The molecule has 0 bridgehead atoms. The molecule has 0 aliphatic heterocycles. The van der Waals surface area contributed by atoms with E-state index >= 15 is 0 Å². The molecule has 0 saturated heterocycles. The maximum absolute atomic E-state index is 4.12. The molecule has 472 valence electrons. The van der Waals surface area contributed by atoms with E-state index in [4.69, 9.17) is 0 Å². The van der Waals surface area contributed by atoms with Crippen LogP contribution in [-0.2, 0) is 262 Å². The molecule has 8 aromatic rings. The summed E-state index contributed by atoms with van der Waals surface area (Å²) in [5, 5.41) is 37.3. The average molecular weight is 1810 g/mol. The molecule has 0 saturated carbocycles. The molecule has 0 fully saturated rings. The van der Waals surface area contributed by atoms with Crippen LogP contribution in [0, 0.1) is 59.4 Å². The Morgan fingerprint density at radius 3 is 0.977 bits per heavy atom. The maximum atomic E-state index is 4.12. The van der Waals surface area contributed by atoms with Crippen LogP contribution >= 0.6 is 0 Å². The van der Waals surface area contributed by atoms with Gasteiger partial charge in [0, 0.05) is 341 Å². The second-order valence-corrected chi connectivity index (χ2v) is 17.9. The molecule has 0 atom stereocenters. The van der Waals surface area contributed by atoms with Gasteiger partial charge in [-0.15, -0.1) is 25.5 Å². The topological polar surface area (TPSA) is 258 Å². The largest absolute Gasteiger partial charge is 0.358 e. The Morgan fingerprint density at radius 2 is 0.705 bits per heavy atom. The first kappa shape index (κ1) is 129. The molecule has 8 aromatic heterocycles. The van der Waals surface area contributed by atoms with Crippen molar-refractivity contribution >= 4 is 0 Å². The quantitative estimate of drug-likeness (QED) is 0.128. The Labute approximate surface area is 737 Å². The maximum Gasteiger partial charge on any atom is 0.176 e. The van der Waals surface area contributed by atoms with Crippen LogP contribution in [0.5, 0.6) is 0 Å². The minimum absolute atomic E-state index is 0. The zero-order valence-corrected chi connectivity index (χ0v) is 80.4. The standard InChI is InChI=1S/5C7H10N2.2C6H9N3.C5H8N4.8CH3.8Y/c1-6(2)7-3-8-5-9-4-7;1-6(2)7-5-8-3-4-9-7;1-6(2)7-3-4-8-5-9-7;1-6(2)7-3-4-8-9-5-7;1-6(2)7-4-3-5-8-9-7;1-5(2)6-8-3-7-4-9-6;1-5(2)6-7-3-4-8-9-6;1-4(2)5-8-6-3-7-9-5;;;;;;;;;;;;;;;;/h5*3-6H,1-2H3;2*3-5H,1-2H3;3-4H,1-2H3;8*1H3;;;;;;;;/q;;;;;;;;8*-1;;;;;;;;. The molecular formula is C60H100N20Y8-8. The number of nitrogens with zero attached hydrogens (tertiary/aromatic N) is 20. The van der Waals surface area contributed by atoms with Gasteiger partial charge in [-0.1, -0.05) is 111 Å². The summed E-state index contributed by atoms with van der Waals surface area (Å²) in [7, 11) is 0. The van der Waals surface area contributed by atoms with E-state index in [9.17, 15) is 0 Å².